The molecule has 5 nitrogen and oxygen atoms in total. The van der Waals surface area contributed by atoms with Crippen LogP contribution in [0.25, 0.3) is 0 Å². The van der Waals surface area contributed by atoms with Gasteiger partial charge in [0.25, 0.3) is 0 Å². The highest BCUT2D eigenvalue weighted by Crippen LogP contribution is 2.16. The summed E-state index contributed by atoms with van der Waals surface area (Å²) in [5.74, 6) is 2.17. The number of nitrogen functional groups attached to an aromatic ring is 1. The minimum Gasteiger partial charge on any atom is -0.383 e. The Morgan fingerprint density at radius 1 is 1.22 bits per heavy atom. The first kappa shape index (κ1) is 13.1. The van der Waals surface area contributed by atoms with E-state index in [1.807, 2.05) is 13.8 Å². The van der Waals surface area contributed by atoms with E-state index in [0.29, 0.717) is 5.82 Å². The van der Waals surface area contributed by atoms with Crippen LogP contribution < -0.4 is 11.1 Å². The predicted molar refractivity (Wildman–Crippen MR) is 74.7 cm³/mol. The molecule has 0 spiro atoms. The molecule has 0 radical (unpaired) electrons. The van der Waals surface area contributed by atoms with Gasteiger partial charge in [0.05, 0.1) is 0 Å². The molecule has 1 aromatic rings. The summed E-state index contributed by atoms with van der Waals surface area (Å²) >= 11 is 0. The Kier molecular flexibility index (Phi) is 4.36. The molecule has 0 aromatic carbocycles. The van der Waals surface area contributed by atoms with Crippen LogP contribution in [0.4, 0.5) is 11.6 Å². The van der Waals surface area contributed by atoms with E-state index < -0.39 is 0 Å². The van der Waals surface area contributed by atoms with Crippen LogP contribution in [0.1, 0.15) is 30.7 Å². The molecule has 0 atom stereocenters. The molecule has 1 aromatic heterocycles. The standard InChI is InChI=1S/C13H23N5/c1-10-12(14)16-11(2)17-13(10)15-6-5-9-18-7-3-4-8-18/h3-9H2,1-2H3,(H3,14,15,16,17). The first-order chi connectivity index (χ1) is 8.66. The van der Waals surface area contributed by atoms with E-state index in [1.165, 1.54) is 32.5 Å². The van der Waals surface area contributed by atoms with Gasteiger partial charge in [-0.05, 0) is 52.7 Å². The maximum atomic E-state index is 5.83. The number of nitrogens with zero attached hydrogens (tertiary/aromatic N) is 3. The Labute approximate surface area is 109 Å². The molecule has 1 fully saturated rings. The highest BCUT2D eigenvalue weighted by atomic mass is 15.1. The smallest absolute Gasteiger partial charge is 0.134 e. The van der Waals surface area contributed by atoms with Crippen molar-refractivity contribution in [2.45, 2.75) is 33.1 Å². The Balaban J connectivity index is 1.79. The Hall–Kier alpha value is -1.36. The van der Waals surface area contributed by atoms with E-state index in [9.17, 15) is 0 Å². The second-order valence-corrected chi connectivity index (χ2v) is 4.96. The lowest BCUT2D eigenvalue weighted by Crippen LogP contribution is -2.22. The molecule has 18 heavy (non-hydrogen) atoms. The first-order valence-corrected chi connectivity index (χ1v) is 6.74. The van der Waals surface area contributed by atoms with Crippen molar-refractivity contribution in [3.05, 3.63) is 11.4 Å². The number of rotatable bonds is 5. The van der Waals surface area contributed by atoms with Gasteiger partial charge in [-0.2, -0.15) is 0 Å². The predicted octanol–water partition coefficient (Wildman–Crippen LogP) is 1.57. The average molecular weight is 249 g/mol. The molecular formula is C13H23N5. The van der Waals surface area contributed by atoms with Gasteiger partial charge in [-0.15, -0.1) is 0 Å². The molecule has 0 bridgehead atoms. The van der Waals surface area contributed by atoms with Gasteiger partial charge in [0.1, 0.15) is 17.5 Å². The number of aromatic nitrogens is 2. The van der Waals surface area contributed by atoms with Gasteiger partial charge in [0.15, 0.2) is 0 Å². The molecule has 2 rings (SSSR count). The highest BCUT2D eigenvalue weighted by Gasteiger charge is 2.10. The van der Waals surface area contributed by atoms with Crippen LogP contribution >= 0.6 is 0 Å². The van der Waals surface area contributed by atoms with E-state index in [2.05, 4.69) is 20.2 Å². The zero-order chi connectivity index (χ0) is 13.0. The largest absolute Gasteiger partial charge is 0.383 e. The normalized spacial score (nSPS) is 16.1. The molecule has 0 aliphatic carbocycles. The fourth-order valence-corrected chi connectivity index (χ4v) is 2.34. The van der Waals surface area contributed by atoms with Crippen LogP contribution in [-0.2, 0) is 0 Å². The summed E-state index contributed by atoms with van der Waals surface area (Å²) in [5, 5.41) is 3.36. The molecule has 1 aliphatic heterocycles. The lowest BCUT2D eigenvalue weighted by atomic mass is 10.3. The monoisotopic (exact) mass is 249 g/mol. The minimum absolute atomic E-state index is 0.574. The molecule has 3 N–H and O–H groups in total. The van der Waals surface area contributed by atoms with E-state index in [1.54, 1.807) is 0 Å². The Morgan fingerprint density at radius 3 is 2.67 bits per heavy atom. The van der Waals surface area contributed by atoms with E-state index in [0.717, 1.165) is 30.2 Å². The Bertz CT molecular complexity index is 399. The molecule has 0 unspecified atom stereocenters. The van der Waals surface area contributed by atoms with Crippen LogP contribution in [0.3, 0.4) is 0 Å². The number of anilines is 2. The third-order valence-corrected chi connectivity index (χ3v) is 3.44. The van der Waals surface area contributed by atoms with Crippen molar-refractivity contribution < 1.29 is 0 Å². The third-order valence-electron chi connectivity index (χ3n) is 3.44. The van der Waals surface area contributed by atoms with Gasteiger partial charge >= 0.3 is 0 Å². The van der Waals surface area contributed by atoms with Gasteiger partial charge in [-0.3, -0.25) is 0 Å². The van der Waals surface area contributed by atoms with E-state index >= 15 is 0 Å². The first-order valence-electron chi connectivity index (χ1n) is 6.74. The van der Waals surface area contributed by atoms with Crippen molar-refractivity contribution >= 4 is 11.6 Å². The third kappa shape index (κ3) is 3.32. The maximum Gasteiger partial charge on any atom is 0.134 e. The molecule has 0 amide bonds. The number of hydrogen-bond donors (Lipinski definition) is 2. The van der Waals surface area contributed by atoms with Gasteiger partial charge in [-0.1, -0.05) is 0 Å². The van der Waals surface area contributed by atoms with Gasteiger partial charge in [0, 0.05) is 12.1 Å². The maximum absolute atomic E-state index is 5.83. The molecule has 0 saturated carbocycles. The average Bonchev–Trinajstić information content (AvgIpc) is 2.83. The summed E-state index contributed by atoms with van der Waals surface area (Å²) in [6, 6.07) is 0. The summed E-state index contributed by atoms with van der Waals surface area (Å²) in [4.78, 5) is 11.1. The van der Waals surface area contributed by atoms with Crippen molar-refractivity contribution in [3.63, 3.8) is 0 Å². The summed E-state index contributed by atoms with van der Waals surface area (Å²) in [6.07, 6.45) is 3.85. The van der Waals surface area contributed by atoms with Gasteiger partial charge in [0.2, 0.25) is 0 Å². The lowest BCUT2D eigenvalue weighted by Gasteiger charge is -2.15. The van der Waals surface area contributed by atoms with Crippen LogP contribution in [0.15, 0.2) is 0 Å². The van der Waals surface area contributed by atoms with Gasteiger partial charge < -0.3 is 16.0 Å². The molecule has 1 aliphatic rings. The molecular weight excluding hydrogens is 226 g/mol. The molecule has 5 heteroatoms. The highest BCUT2D eigenvalue weighted by molar-refractivity contribution is 5.54. The van der Waals surface area contributed by atoms with Crippen molar-refractivity contribution in [3.8, 4) is 0 Å². The van der Waals surface area contributed by atoms with Crippen LogP contribution in [0.2, 0.25) is 0 Å². The summed E-state index contributed by atoms with van der Waals surface area (Å²) < 4.78 is 0. The van der Waals surface area contributed by atoms with Crippen LogP contribution in [0.5, 0.6) is 0 Å². The van der Waals surface area contributed by atoms with Crippen LogP contribution in [0, 0.1) is 13.8 Å². The SMILES string of the molecule is Cc1nc(N)c(C)c(NCCCN2CCCC2)n1. The zero-order valence-electron chi connectivity index (χ0n) is 11.4. The quantitative estimate of drug-likeness (QED) is 0.775. The summed E-state index contributed by atoms with van der Waals surface area (Å²) in [5.41, 5.74) is 6.77. The van der Waals surface area contributed by atoms with Crippen molar-refractivity contribution in [2.24, 2.45) is 0 Å². The second-order valence-electron chi connectivity index (χ2n) is 4.96. The number of nitrogens with one attached hydrogen (secondary N) is 1. The summed E-state index contributed by atoms with van der Waals surface area (Å²) in [6.45, 7) is 8.46. The van der Waals surface area contributed by atoms with Crippen molar-refractivity contribution in [2.75, 3.05) is 37.2 Å². The number of hydrogen-bond acceptors (Lipinski definition) is 5. The topological polar surface area (TPSA) is 67.1 Å². The number of likely N-dealkylation sites (tertiary alicyclic amines) is 1. The lowest BCUT2D eigenvalue weighted by molar-refractivity contribution is 0.337. The minimum atomic E-state index is 0.574. The molecule has 100 valence electrons. The van der Waals surface area contributed by atoms with Crippen molar-refractivity contribution in [1.82, 2.24) is 14.9 Å². The number of nitrogens with two attached hydrogens (primary N) is 1. The van der Waals surface area contributed by atoms with E-state index in [4.69, 9.17) is 5.73 Å². The van der Waals surface area contributed by atoms with Crippen LogP contribution in [-0.4, -0.2) is 41.0 Å². The molecule has 2 heterocycles. The fourth-order valence-electron chi connectivity index (χ4n) is 2.34. The second kappa shape index (κ2) is 6.00. The fraction of sp³-hybridized carbons (Fsp3) is 0.692. The van der Waals surface area contributed by atoms with Gasteiger partial charge in [-0.25, -0.2) is 9.97 Å². The Morgan fingerprint density at radius 2 is 1.94 bits per heavy atom. The number of aryl methyl sites for hydroxylation is 1. The molecule has 1 saturated heterocycles. The zero-order valence-corrected chi connectivity index (χ0v) is 11.4. The summed E-state index contributed by atoms with van der Waals surface area (Å²) in [7, 11) is 0. The van der Waals surface area contributed by atoms with E-state index in [-0.39, 0.29) is 0 Å². The van der Waals surface area contributed by atoms with Crippen molar-refractivity contribution in [1.29, 1.82) is 0 Å².